The number of esters is 1. The predicted molar refractivity (Wildman–Crippen MR) is 74.5 cm³/mol. The Labute approximate surface area is 116 Å². The first-order valence-electron chi connectivity index (χ1n) is 5.94. The number of anilines is 1. The average Bonchev–Trinajstić information content (AvgIpc) is 2.46. The highest BCUT2D eigenvalue weighted by Crippen LogP contribution is 2.28. The van der Waals surface area contributed by atoms with Crippen molar-refractivity contribution in [1.29, 1.82) is 0 Å². The van der Waals surface area contributed by atoms with Gasteiger partial charge in [0.2, 0.25) is 0 Å². The summed E-state index contributed by atoms with van der Waals surface area (Å²) in [4.78, 5) is 20.1. The molecule has 20 heavy (non-hydrogen) atoms. The number of nitrogen functional groups attached to an aromatic ring is 1. The second kappa shape index (κ2) is 5.56. The molecule has 1 heterocycles. The van der Waals surface area contributed by atoms with Crippen molar-refractivity contribution in [2.45, 2.75) is 6.92 Å². The van der Waals surface area contributed by atoms with E-state index < -0.39 is 5.97 Å². The number of nitrogens with two attached hydrogens (primary N) is 1. The number of rotatable bonds is 3. The summed E-state index contributed by atoms with van der Waals surface area (Å²) in [6.45, 7) is 1.68. The maximum Gasteiger partial charge on any atom is 0.343 e. The van der Waals surface area contributed by atoms with Gasteiger partial charge < -0.3 is 15.2 Å². The van der Waals surface area contributed by atoms with E-state index in [4.69, 9.17) is 10.5 Å². The molecule has 1 aromatic carbocycles. The van der Waals surface area contributed by atoms with E-state index in [1.165, 1.54) is 7.11 Å². The molecule has 0 aliphatic heterocycles. The fourth-order valence-electron chi connectivity index (χ4n) is 1.90. The van der Waals surface area contributed by atoms with E-state index in [9.17, 15) is 4.79 Å². The molecule has 104 valence electrons. The average molecular weight is 273 g/mol. The molecule has 0 aliphatic carbocycles. The van der Waals surface area contributed by atoms with Crippen molar-refractivity contribution in [2.24, 2.45) is 0 Å². The molecule has 0 bridgehead atoms. The number of carbonyl (C=O) groups excluding carboxylic acids is 1. The number of methoxy groups -OCH3 is 2. The minimum Gasteiger partial charge on any atom is -0.496 e. The van der Waals surface area contributed by atoms with E-state index in [0.29, 0.717) is 22.8 Å². The highest BCUT2D eigenvalue weighted by Gasteiger charge is 2.19. The van der Waals surface area contributed by atoms with E-state index in [2.05, 4.69) is 14.7 Å². The van der Waals surface area contributed by atoms with Crippen molar-refractivity contribution in [1.82, 2.24) is 9.97 Å². The van der Waals surface area contributed by atoms with Crippen LogP contribution >= 0.6 is 0 Å². The van der Waals surface area contributed by atoms with Gasteiger partial charge in [0.05, 0.1) is 25.5 Å². The molecule has 0 radical (unpaired) electrons. The van der Waals surface area contributed by atoms with Gasteiger partial charge in [-0.15, -0.1) is 0 Å². The molecular weight excluding hydrogens is 258 g/mol. The molecule has 0 aliphatic rings. The van der Waals surface area contributed by atoms with Gasteiger partial charge in [-0.25, -0.2) is 14.8 Å². The number of aryl methyl sites for hydroxylation is 1. The second-order valence-electron chi connectivity index (χ2n) is 4.08. The first kappa shape index (κ1) is 13.8. The summed E-state index contributed by atoms with van der Waals surface area (Å²) in [6, 6.07) is 7.33. The van der Waals surface area contributed by atoms with E-state index >= 15 is 0 Å². The topological polar surface area (TPSA) is 87.3 Å². The number of hydrogen-bond donors (Lipinski definition) is 1. The Bertz CT molecular complexity index is 633. The monoisotopic (exact) mass is 273 g/mol. The number of aromatic nitrogens is 2. The Balaban J connectivity index is 2.58. The van der Waals surface area contributed by atoms with Crippen molar-refractivity contribution in [3.05, 3.63) is 35.5 Å². The Hall–Kier alpha value is -2.63. The summed E-state index contributed by atoms with van der Waals surface area (Å²) in [6.07, 6.45) is 0. The first-order chi connectivity index (χ1) is 9.58. The van der Waals surface area contributed by atoms with Crippen LogP contribution in [0.1, 0.15) is 16.1 Å². The molecule has 1 aromatic heterocycles. The Kier molecular flexibility index (Phi) is 3.84. The summed E-state index contributed by atoms with van der Waals surface area (Å²) in [5.41, 5.74) is 7.19. The van der Waals surface area contributed by atoms with Crippen LogP contribution < -0.4 is 10.5 Å². The van der Waals surface area contributed by atoms with Crippen molar-refractivity contribution >= 4 is 11.8 Å². The van der Waals surface area contributed by atoms with Gasteiger partial charge in [-0.05, 0) is 19.1 Å². The zero-order valence-electron chi connectivity index (χ0n) is 11.5. The van der Waals surface area contributed by atoms with Crippen LogP contribution in [0.2, 0.25) is 0 Å². The number of hydrogen-bond acceptors (Lipinski definition) is 6. The first-order valence-corrected chi connectivity index (χ1v) is 5.94. The minimum absolute atomic E-state index is 0.0882. The maximum atomic E-state index is 11.6. The van der Waals surface area contributed by atoms with Gasteiger partial charge in [0.15, 0.2) is 5.82 Å². The third-order valence-electron chi connectivity index (χ3n) is 2.86. The standard InChI is InChI=1S/C14H15N3O3/c1-8-11(14(18)20-3)12(15)17-13(16-8)9-6-4-5-7-10(9)19-2/h4-7H,1-3H3,(H2,15,16,17). The Morgan fingerprint density at radius 3 is 2.50 bits per heavy atom. The number of carbonyl (C=O) groups is 1. The number of benzene rings is 1. The zero-order chi connectivity index (χ0) is 14.7. The second-order valence-corrected chi connectivity index (χ2v) is 4.08. The van der Waals surface area contributed by atoms with Crippen molar-refractivity contribution < 1.29 is 14.3 Å². The summed E-state index contributed by atoms with van der Waals surface area (Å²) < 4.78 is 9.93. The van der Waals surface area contributed by atoms with Crippen molar-refractivity contribution in [3.8, 4) is 17.1 Å². The molecule has 0 saturated carbocycles. The van der Waals surface area contributed by atoms with Crippen LogP contribution in [-0.4, -0.2) is 30.2 Å². The fourth-order valence-corrected chi connectivity index (χ4v) is 1.90. The minimum atomic E-state index is -0.549. The molecule has 6 heteroatoms. The van der Waals surface area contributed by atoms with Crippen LogP contribution in [0.4, 0.5) is 5.82 Å². The molecule has 6 nitrogen and oxygen atoms in total. The third kappa shape index (κ3) is 2.40. The van der Waals surface area contributed by atoms with Gasteiger partial charge in [-0.1, -0.05) is 12.1 Å². The predicted octanol–water partition coefficient (Wildman–Crippen LogP) is 1.83. The largest absolute Gasteiger partial charge is 0.496 e. The normalized spacial score (nSPS) is 10.2. The van der Waals surface area contributed by atoms with E-state index in [1.54, 1.807) is 20.1 Å². The Morgan fingerprint density at radius 1 is 1.20 bits per heavy atom. The van der Waals surface area contributed by atoms with Gasteiger partial charge in [0.1, 0.15) is 17.1 Å². The van der Waals surface area contributed by atoms with Gasteiger partial charge in [-0.2, -0.15) is 0 Å². The lowest BCUT2D eigenvalue weighted by Gasteiger charge is -2.11. The third-order valence-corrected chi connectivity index (χ3v) is 2.86. The lowest BCUT2D eigenvalue weighted by atomic mass is 10.1. The lowest BCUT2D eigenvalue weighted by molar-refractivity contribution is 0.0600. The highest BCUT2D eigenvalue weighted by atomic mass is 16.5. The smallest absolute Gasteiger partial charge is 0.343 e. The summed E-state index contributed by atoms with van der Waals surface area (Å²) >= 11 is 0. The zero-order valence-corrected chi connectivity index (χ0v) is 11.5. The van der Waals surface area contributed by atoms with Gasteiger partial charge >= 0.3 is 5.97 Å². The molecule has 0 unspecified atom stereocenters. The number of para-hydroxylation sites is 1. The SMILES string of the molecule is COC(=O)c1c(C)nc(-c2ccccc2OC)nc1N. The molecular formula is C14H15N3O3. The quantitative estimate of drug-likeness (QED) is 0.858. The van der Waals surface area contributed by atoms with Crippen LogP contribution in [0.25, 0.3) is 11.4 Å². The summed E-state index contributed by atoms with van der Waals surface area (Å²) in [7, 11) is 2.85. The molecule has 0 atom stereocenters. The number of nitrogens with zero attached hydrogens (tertiary/aromatic N) is 2. The van der Waals surface area contributed by atoms with Crippen molar-refractivity contribution in [2.75, 3.05) is 20.0 Å². The molecule has 0 fully saturated rings. The van der Waals surface area contributed by atoms with Crippen molar-refractivity contribution in [3.63, 3.8) is 0 Å². The summed E-state index contributed by atoms with van der Waals surface area (Å²) in [5.74, 6) is 0.582. The number of ether oxygens (including phenoxy) is 2. The molecule has 0 saturated heterocycles. The van der Waals surface area contributed by atoms with E-state index in [-0.39, 0.29) is 11.4 Å². The van der Waals surface area contributed by atoms with Gasteiger partial charge in [-0.3, -0.25) is 0 Å². The van der Waals surface area contributed by atoms with Crippen LogP contribution in [-0.2, 0) is 4.74 Å². The summed E-state index contributed by atoms with van der Waals surface area (Å²) in [5, 5.41) is 0. The molecule has 2 aromatic rings. The van der Waals surface area contributed by atoms with Crippen LogP contribution in [0.5, 0.6) is 5.75 Å². The molecule has 2 rings (SSSR count). The van der Waals surface area contributed by atoms with Gasteiger partial charge in [0, 0.05) is 0 Å². The molecule has 2 N–H and O–H groups in total. The van der Waals surface area contributed by atoms with E-state index in [0.717, 1.165) is 0 Å². The Morgan fingerprint density at radius 2 is 1.90 bits per heavy atom. The van der Waals surface area contributed by atoms with Crippen LogP contribution in [0.15, 0.2) is 24.3 Å². The maximum absolute atomic E-state index is 11.6. The van der Waals surface area contributed by atoms with E-state index in [1.807, 2.05) is 18.2 Å². The van der Waals surface area contributed by atoms with Crippen LogP contribution in [0.3, 0.4) is 0 Å². The molecule has 0 amide bonds. The lowest BCUT2D eigenvalue weighted by Crippen LogP contribution is -2.12. The fraction of sp³-hybridized carbons (Fsp3) is 0.214. The molecule has 0 spiro atoms. The van der Waals surface area contributed by atoms with Gasteiger partial charge in [0.25, 0.3) is 0 Å². The highest BCUT2D eigenvalue weighted by molar-refractivity contribution is 5.95. The van der Waals surface area contributed by atoms with Crippen LogP contribution in [0, 0.1) is 6.92 Å².